The molecule has 1 saturated heterocycles. The van der Waals surface area contributed by atoms with Crippen molar-refractivity contribution in [1.82, 2.24) is 15.5 Å². The van der Waals surface area contributed by atoms with Crippen molar-refractivity contribution in [3.63, 3.8) is 0 Å². The number of piperidine rings is 1. The van der Waals surface area contributed by atoms with Gasteiger partial charge in [-0.25, -0.2) is 4.79 Å². The van der Waals surface area contributed by atoms with E-state index in [1.54, 1.807) is 31.2 Å². The van der Waals surface area contributed by atoms with Gasteiger partial charge in [-0.3, -0.25) is 0 Å². The van der Waals surface area contributed by atoms with Crippen molar-refractivity contribution < 1.29 is 13.2 Å². The number of likely N-dealkylation sites (tertiary alicyclic amines) is 1. The number of carbonyl (C=O) groups excluding carboxylic acids is 1. The van der Waals surface area contributed by atoms with Gasteiger partial charge in [0.1, 0.15) is 10.7 Å². The van der Waals surface area contributed by atoms with Crippen LogP contribution in [0.2, 0.25) is 5.02 Å². The van der Waals surface area contributed by atoms with Crippen molar-refractivity contribution in [2.45, 2.75) is 39.2 Å². The Morgan fingerprint density at radius 1 is 1.25 bits per heavy atom. The number of amides is 2. The van der Waals surface area contributed by atoms with Gasteiger partial charge >= 0.3 is 6.03 Å². The van der Waals surface area contributed by atoms with Crippen LogP contribution < -0.4 is 10.6 Å². The van der Waals surface area contributed by atoms with Crippen molar-refractivity contribution in [1.29, 1.82) is 0 Å². The summed E-state index contributed by atoms with van der Waals surface area (Å²) in [5.41, 5.74) is 1.24. The number of carbonyl (C=O) groups is 1. The molecule has 2 aliphatic heterocycles. The van der Waals surface area contributed by atoms with E-state index in [0.717, 1.165) is 19.3 Å². The summed E-state index contributed by atoms with van der Waals surface area (Å²) in [4.78, 5) is 14.0. The molecule has 2 N–H and O–H groups in total. The fourth-order valence-corrected chi connectivity index (χ4v) is 5.10. The van der Waals surface area contributed by atoms with Gasteiger partial charge < -0.3 is 15.5 Å². The molecule has 7 nitrogen and oxygen atoms in total. The number of halogens is 1. The molecule has 0 bridgehead atoms. The lowest BCUT2D eigenvalue weighted by molar-refractivity contribution is 0.226. The van der Waals surface area contributed by atoms with Gasteiger partial charge in [0.25, 0.3) is 10.0 Å². The second kappa shape index (κ2) is 8.53. The van der Waals surface area contributed by atoms with Crippen LogP contribution in [0.25, 0.3) is 4.91 Å². The first-order chi connectivity index (χ1) is 13.3. The zero-order chi connectivity index (χ0) is 20.3. The smallest absolute Gasteiger partial charge is 0.315 e. The van der Waals surface area contributed by atoms with Crippen LogP contribution in [0.3, 0.4) is 0 Å². The molecule has 1 fully saturated rings. The molecular formula is C19H25ClN4O3S. The predicted octanol–water partition coefficient (Wildman–Crippen LogP) is 2.99. The zero-order valence-electron chi connectivity index (χ0n) is 16.0. The van der Waals surface area contributed by atoms with Crippen molar-refractivity contribution in [2.75, 3.05) is 19.6 Å². The quantitative estimate of drug-likeness (QED) is 0.777. The standard InChI is InChI=1S/C19H25ClN4O3S/c1-3-10-21-19(25)22-16-8-11-24(12-9-16)18-13(2)17(28(26,27)23-18)14-4-6-15(20)7-5-14/h4-7,16H,3,8-12H2,1-2H3,(H2,21,22,25). The molecule has 1 aromatic rings. The summed E-state index contributed by atoms with van der Waals surface area (Å²) < 4.78 is 29.3. The van der Waals surface area contributed by atoms with Gasteiger partial charge in [0.2, 0.25) is 0 Å². The van der Waals surface area contributed by atoms with E-state index in [0.29, 0.717) is 41.6 Å². The number of benzene rings is 1. The van der Waals surface area contributed by atoms with Gasteiger partial charge in [0, 0.05) is 36.3 Å². The van der Waals surface area contributed by atoms with Crippen LogP contribution in [-0.4, -0.2) is 50.9 Å². The average Bonchev–Trinajstić information content (AvgIpc) is 2.90. The lowest BCUT2D eigenvalue weighted by Crippen LogP contribution is -2.49. The van der Waals surface area contributed by atoms with Crippen LogP contribution >= 0.6 is 11.6 Å². The number of urea groups is 1. The van der Waals surface area contributed by atoms with Crippen molar-refractivity contribution in [3.05, 3.63) is 40.4 Å². The normalized spacial score (nSPS) is 19.5. The first-order valence-corrected chi connectivity index (χ1v) is 11.2. The molecular weight excluding hydrogens is 400 g/mol. The number of nitrogens with one attached hydrogen (secondary N) is 2. The first kappa shape index (κ1) is 20.7. The number of sulfonamides is 1. The van der Waals surface area contributed by atoms with E-state index in [1.807, 2.05) is 11.8 Å². The van der Waals surface area contributed by atoms with Gasteiger partial charge in [0.05, 0.1) is 0 Å². The second-order valence-electron chi connectivity index (χ2n) is 7.01. The van der Waals surface area contributed by atoms with Crippen LogP contribution in [0.4, 0.5) is 4.79 Å². The van der Waals surface area contributed by atoms with Crippen LogP contribution in [-0.2, 0) is 10.0 Å². The molecule has 0 radical (unpaired) electrons. The minimum Gasteiger partial charge on any atom is -0.356 e. The van der Waals surface area contributed by atoms with Crippen molar-refractivity contribution in [2.24, 2.45) is 4.40 Å². The summed E-state index contributed by atoms with van der Waals surface area (Å²) in [6, 6.07) is 6.66. The second-order valence-corrected chi connectivity index (χ2v) is 8.99. The molecule has 0 saturated carbocycles. The van der Waals surface area contributed by atoms with E-state index in [-0.39, 0.29) is 17.0 Å². The molecule has 0 aromatic heterocycles. The van der Waals surface area contributed by atoms with Crippen LogP contribution in [0.1, 0.15) is 38.7 Å². The number of amidine groups is 1. The molecule has 0 aliphatic carbocycles. The van der Waals surface area contributed by atoms with Gasteiger partial charge in [-0.1, -0.05) is 30.7 Å². The molecule has 0 atom stereocenters. The molecule has 2 heterocycles. The lowest BCUT2D eigenvalue weighted by atomic mass is 10.0. The minimum absolute atomic E-state index is 0.0757. The zero-order valence-corrected chi connectivity index (χ0v) is 17.6. The third-order valence-electron chi connectivity index (χ3n) is 4.91. The number of rotatable bonds is 4. The molecule has 2 aliphatic rings. The number of hydrogen-bond acceptors (Lipinski definition) is 4. The maximum Gasteiger partial charge on any atom is 0.315 e. The Hall–Kier alpha value is -2.06. The largest absolute Gasteiger partial charge is 0.356 e. The Morgan fingerprint density at radius 2 is 1.89 bits per heavy atom. The monoisotopic (exact) mass is 424 g/mol. The van der Waals surface area contributed by atoms with Gasteiger partial charge in [0.15, 0.2) is 0 Å². The number of hydrogen-bond donors (Lipinski definition) is 2. The third-order valence-corrected chi connectivity index (χ3v) is 6.64. The molecule has 1 aromatic carbocycles. The average molecular weight is 425 g/mol. The fourth-order valence-electron chi connectivity index (χ4n) is 3.50. The maximum absolute atomic E-state index is 12.7. The predicted molar refractivity (Wildman–Crippen MR) is 112 cm³/mol. The first-order valence-electron chi connectivity index (χ1n) is 9.43. The molecule has 152 valence electrons. The third kappa shape index (κ3) is 4.50. The summed E-state index contributed by atoms with van der Waals surface area (Å²) in [5, 5.41) is 6.33. The highest BCUT2D eigenvalue weighted by atomic mass is 35.5. The highest BCUT2D eigenvalue weighted by molar-refractivity contribution is 8.00. The molecule has 0 spiro atoms. The Labute approximate surface area is 170 Å². The molecule has 28 heavy (non-hydrogen) atoms. The highest BCUT2D eigenvalue weighted by Crippen LogP contribution is 2.34. The van der Waals surface area contributed by atoms with Crippen LogP contribution in [0, 0.1) is 0 Å². The summed E-state index contributed by atoms with van der Waals surface area (Å²) >= 11 is 5.92. The Bertz CT molecular complexity index is 902. The number of nitrogens with zero attached hydrogens (tertiary/aromatic N) is 2. The van der Waals surface area contributed by atoms with E-state index in [9.17, 15) is 13.2 Å². The Morgan fingerprint density at radius 3 is 2.50 bits per heavy atom. The Balaban J connectivity index is 1.70. The topological polar surface area (TPSA) is 90.9 Å². The van der Waals surface area contributed by atoms with Gasteiger partial charge in [-0.2, -0.15) is 8.42 Å². The lowest BCUT2D eigenvalue weighted by Gasteiger charge is -2.33. The maximum atomic E-state index is 12.7. The summed E-state index contributed by atoms with van der Waals surface area (Å²) in [5.74, 6) is 0.499. The summed E-state index contributed by atoms with van der Waals surface area (Å²) in [6.07, 6.45) is 2.37. The van der Waals surface area contributed by atoms with E-state index >= 15 is 0 Å². The molecule has 0 unspecified atom stereocenters. The van der Waals surface area contributed by atoms with Crippen molar-refractivity contribution in [3.8, 4) is 0 Å². The van der Waals surface area contributed by atoms with Crippen LogP contribution in [0.5, 0.6) is 0 Å². The van der Waals surface area contributed by atoms with Gasteiger partial charge in [-0.05, 0) is 43.9 Å². The highest BCUT2D eigenvalue weighted by Gasteiger charge is 2.34. The molecule has 9 heteroatoms. The van der Waals surface area contributed by atoms with E-state index < -0.39 is 10.0 Å². The van der Waals surface area contributed by atoms with Crippen LogP contribution in [0.15, 0.2) is 34.2 Å². The van der Waals surface area contributed by atoms with Gasteiger partial charge in [-0.15, -0.1) is 4.40 Å². The van der Waals surface area contributed by atoms with E-state index in [1.165, 1.54) is 0 Å². The Kier molecular flexibility index (Phi) is 6.30. The SMILES string of the molecule is CCCNC(=O)NC1CCN(C2=NS(=O)(=O)C(c3ccc(Cl)cc3)=C2C)CC1. The summed E-state index contributed by atoms with van der Waals surface area (Å²) in [6.45, 7) is 5.71. The fraction of sp³-hybridized carbons (Fsp3) is 0.474. The van der Waals surface area contributed by atoms with E-state index in [2.05, 4.69) is 15.0 Å². The van der Waals surface area contributed by atoms with E-state index in [4.69, 9.17) is 11.6 Å². The summed E-state index contributed by atoms with van der Waals surface area (Å²) in [7, 11) is -3.74. The molecule has 2 amide bonds. The van der Waals surface area contributed by atoms with Crippen molar-refractivity contribution >= 4 is 38.4 Å². The minimum atomic E-state index is -3.74. The molecule has 3 rings (SSSR count).